The number of carbonyl (C=O) groups excluding carboxylic acids is 3. The van der Waals surface area contributed by atoms with Crippen LogP contribution in [0.2, 0.25) is 0 Å². The van der Waals surface area contributed by atoms with Gasteiger partial charge in [0.15, 0.2) is 6.10 Å². The monoisotopic (exact) mass is 845 g/mol. The Morgan fingerprint density at radius 1 is 0.344 bits per heavy atom. The van der Waals surface area contributed by atoms with E-state index >= 15 is 0 Å². The van der Waals surface area contributed by atoms with Crippen LogP contribution < -0.4 is 0 Å². The van der Waals surface area contributed by atoms with Crippen molar-refractivity contribution in [2.75, 3.05) is 13.2 Å². The highest BCUT2D eigenvalue weighted by Crippen LogP contribution is 2.14. The minimum absolute atomic E-state index is 0.102. The van der Waals surface area contributed by atoms with Crippen molar-refractivity contribution in [1.82, 2.24) is 0 Å². The molecule has 1 atom stereocenters. The van der Waals surface area contributed by atoms with Gasteiger partial charge in [-0.15, -0.1) is 0 Å². The zero-order chi connectivity index (χ0) is 44.4. The molecule has 1 unspecified atom stereocenters. The third-order valence-electron chi connectivity index (χ3n) is 9.88. The fraction of sp³-hybridized carbons (Fsp3) is 0.618. The van der Waals surface area contributed by atoms with Crippen molar-refractivity contribution in [1.29, 1.82) is 0 Å². The molecule has 0 rings (SSSR count). The SMILES string of the molecule is CC\C=C/C=C\C=C/C=C\C=C/CCCCCC(=O)OCC(COC(=O)CCCCCCCCC/C=C\C/C=C\CC)OC(=O)CCCCCCCCC/C=C\C/C=C\CC. The summed E-state index contributed by atoms with van der Waals surface area (Å²) in [5.41, 5.74) is 0. The Morgan fingerprint density at radius 2 is 0.672 bits per heavy atom. The van der Waals surface area contributed by atoms with Crippen molar-refractivity contribution >= 4 is 17.9 Å². The highest BCUT2D eigenvalue weighted by molar-refractivity contribution is 5.71. The third kappa shape index (κ3) is 47.0. The summed E-state index contributed by atoms with van der Waals surface area (Å²) in [4.78, 5) is 37.9. The maximum Gasteiger partial charge on any atom is 0.306 e. The summed E-state index contributed by atoms with van der Waals surface area (Å²) in [6.45, 7) is 6.21. The summed E-state index contributed by atoms with van der Waals surface area (Å²) in [6, 6.07) is 0. The van der Waals surface area contributed by atoms with Crippen LogP contribution in [0.5, 0.6) is 0 Å². The largest absolute Gasteiger partial charge is 0.462 e. The van der Waals surface area contributed by atoms with Crippen LogP contribution in [-0.4, -0.2) is 37.2 Å². The van der Waals surface area contributed by atoms with E-state index in [0.717, 1.165) is 109 Å². The van der Waals surface area contributed by atoms with Crippen molar-refractivity contribution in [3.8, 4) is 0 Å². The van der Waals surface area contributed by atoms with Gasteiger partial charge in [-0.05, 0) is 89.9 Å². The molecule has 0 bridgehead atoms. The quantitative estimate of drug-likeness (QED) is 0.0200. The molecule has 0 heterocycles. The van der Waals surface area contributed by atoms with Gasteiger partial charge < -0.3 is 14.2 Å². The molecule has 0 aliphatic rings. The van der Waals surface area contributed by atoms with Gasteiger partial charge in [-0.3, -0.25) is 14.4 Å². The molecule has 0 saturated heterocycles. The van der Waals surface area contributed by atoms with Gasteiger partial charge in [0.05, 0.1) is 0 Å². The minimum Gasteiger partial charge on any atom is -0.462 e. The summed E-state index contributed by atoms with van der Waals surface area (Å²) in [5.74, 6) is -0.969. The van der Waals surface area contributed by atoms with Gasteiger partial charge in [0.2, 0.25) is 0 Å². The van der Waals surface area contributed by atoms with Crippen molar-refractivity contribution in [3.63, 3.8) is 0 Å². The summed E-state index contributed by atoms with van der Waals surface area (Å²) in [5, 5.41) is 0. The predicted molar refractivity (Wildman–Crippen MR) is 260 cm³/mol. The standard InChI is InChI=1S/C55H88O6/c1-4-7-10-13-16-19-22-25-28-31-33-36-39-42-45-48-54(57)60-51-52(61-55(58)49-46-43-40-37-34-30-27-24-21-18-15-12-9-6-3)50-59-53(56)47-44-41-38-35-32-29-26-23-20-17-14-11-8-5-2/h7-13,16-22,25,28,31,33,52H,4-6,14-15,23-24,26-27,29-30,32,34-51H2,1-3H3/b10-7-,11-8-,12-9-,16-13-,20-17-,21-18-,22-19-,28-25-,33-31-. The number of esters is 3. The Balaban J connectivity index is 4.50. The van der Waals surface area contributed by atoms with Crippen molar-refractivity contribution < 1.29 is 28.6 Å². The Bertz CT molecular complexity index is 1290. The lowest BCUT2D eigenvalue weighted by Gasteiger charge is -2.18. The van der Waals surface area contributed by atoms with Gasteiger partial charge in [-0.25, -0.2) is 0 Å². The highest BCUT2D eigenvalue weighted by atomic mass is 16.6. The smallest absolute Gasteiger partial charge is 0.306 e. The van der Waals surface area contributed by atoms with Crippen LogP contribution in [0.4, 0.5) is 0 Å². The van der Waals surface area contributed by atoms with E-state index in [0.29, 0.717) is 19.3 Å². The molecular formula is C55H88O6. The van der Waals surface area contributed by atoms with Gasteiger partial charge >= 0.3 is 17.9 Å². The minimum atomic E-state index is -0.804. The van der Waals surface area contributed by atoms with E-state index in [-0.39, 0.29) is 31.1 Å². The number of carbonyl (C=O) groups is 3. The molecule has 0 spiro atoms. The van der Waals surface area contributed by atoms with E-state index < -0.39 is 6.10 Å². The number of unbranched alkanes of at least 4 members (excludes halogenated alkanes) is 17. The summed E-state index contributed by atoms with van der Waals surface area (Å²) < 4.78 is 16.7. The van der Waals surface area contributed by atoms with Crippen LogP contribution in [0, 0.1) is 0 Å². The molecule has 6 heteroatoms. The fourth-order valence-corrected chi connectivity index (χ4v) is 6.30. The molecule has 0 N–H and O–H groups in total. The number of hydrogen-bond acceptors (Lipinski definition) is 6. The average molecular weight is 845 g/mol. The topological polar surface area (TPSA) is 78.9 Å². The molecular weight excluding hydrogens is 757 g/mol. The lowest BCUT2D eigenvalue weighted by molar-refractivity contribution is -0.167. The van der Waals surface area contributed by atoms with E-state index in [1.807, 2.05) is 48.6 Å². The number of hydrogen-bond donors (Lipinski definition) is 0. The van der Waals surface area contributed by atoms with E-state index in [9.17, 15) is 14.4 Å². The van der Waals surface area contributed by atoms with E-state index in [1.54, 1.807) is 0 Å². The Kier molecular flexibility index (Phi) is 45.6. The zero-order valence-corrected chi connectivity index (χ0v) is 39.1. The Hall–Kier alpha value is -3.93. The first-order chi connectivity index (χ1) is 30.0. The van der Waals surface area contributed by atoms with E-state index in [1.165, 1.54) is 51.4 Å². The second-order valence-electron chi connectivity index (χ2n) is 15.7. The van der Waals surface area contributed by atoms with Crippen molar-refractivity contribution in [2.24, 2.45) is 0 Å². The fourth-order valence-electron chi connectivity index (χ4n) is 6.30. The van der Waals surface area contributed by atoms with Crippen LogP contribution in [-0.2, 0) is 28.6 Å². The lowest BCUT2D eigenvalue weighted by atomic mass is 10.1. The van der Waals surface area contributed by atoms with Crippen LogP contribution in [0.25, 0.3) is 0 Å². The molecule has 0 aromatic heterocycles. The van der Waals surface area contributed by atoms with Crippen molar-refractivity contribution in [3.05, 3.63) is 109 Å². The van der Waals surface area contributed by atoms with Gasteiger partial charge in [0.25, 0.3) is 0 Å². The summed E-state index contributed by atoms with van der Waals surface area (Å²) in [7, 11) is 0. The first-order valence-corrected chi connectivity index (χ1v) is 24.5. The normalized spacial score (nSPS) is 13.0. The number of rotatable bonds is 42. The molecule has 0 saturated carbocycles. The van der Waals surface area contributed by atoms with Gasteiger partial charge in [0, 0.05) is 19.3 Å². The molecule has 0 fully saturated rings. The molecule has 0 radical (unpaired) electrons. The molecule has 344 valence electrons. The third-order valence-corrected chi connectivity index (χ3v) is 9.88. The highest BCUT2D eigenvalue weighted by Gasteiger charge is 2.19. The molecule has 0 aliphatic carbocycles. The molecule has 0 aromatic carbocycles. The van der Waals surface area contributed by atoms with Gasteiger partial charge in [-0.2, -0.15) is 0 Å². The average Bonchev–Trinajstić information content (AvgIpc) is 3.26. The van der Waals surface area contributed by atoms with Gasteiger partial charge in [-0.1, -0.05) is 201 Å². The van der Waals surface area contributed by atoms with Crippen LogP contribution in [0.3, 0.4) is 0 Å². The molecule has 0 aromatic rings. The van der Waals surface area contributed by atoms with Crippen LogP contribution in [0.1, 0.15) is 201 Å². The number of ether oxygens (including phenoxy) is 3. The van der Waals surface area contributed by atoms with E-state index in [4.69, 9.17) is 14.2 Å². The molecule has 6 nitrogen and oxygen atoms in total. The van der Waals surface area contributed by atoms with E-state index in [2.05, 4.69) is 81.5 Å². The Labute approximate surface area is 374 Å². The first-order valence-electron chi connectivity index (χ1n) is 24.5. The van der Waals surface area contributed by atoms with Crippen LogP contribution >= 0.6 is 0 Å². The molecule has 0 aliphatic heterocycles. The van der Waals surface area contributed by atoms with Crippen LogP contribution in [0.15, 0.2) is 109 Å². The summed E-state index contributed by atoms with van der Waals surface area (Å²) in [6.07, 6.45) is 65.0. The number of allylic oxidation sites excluding steroid dienone is 18. The zero-order valence-electron chi connectivity index (χ0n) is 39.1. The second kappa shape index (κ2) is 48.7. The molecule has 61 heavy (non-hydrogen) atoms. The second-order valence-corrected chi connectivity index (χ2v) is 15.7. The first kappa shape index (κ1) is 57.1. The van der Waals surface area contributed by atoms with Crippen molar-refractivity contribution in [2.45, 2.75) is 207 Å². The predicted octanol–water partition coefficient (Wildman–Crippen LogP) is 16.0. The summed E-state index contributed by atoms with van der Waals surface area (Å²) >= 11 is 0. The lowest BCUT2D eigenvalue weighted by Crippen LogP contribution is -2.30. The maximum atomic E-state index is 12.8. The van der Waals surface area contributed by atoms with Gasteiger partial charge in [0.1, 0.15) is 13.2 Å². The Morgan fingerprint density at radius 3 is 1.11 bits per heavy atom. The molecule has 0 amide bonds. The maximum absolute atomic E-state index is 12.8.